The van der Waals surface area contributed by atoms with E-state index in [0.29, 0.717) is 10.9 Å². The highest BCUT2D eigenvalue weighted by Crippen LogP contribution is 2.26. The summed E-state index contributed by atoms with van der Waals surface area (Å²) < 4.78 is 15.5. The van der Waals surface area contributed by atoms with Gasteiger partial charge in [-0.2, -0.15) is 0 Å². The monoisotopic (exact) mass is 355 g/mol. The molecule has 4 aromatic rings. The van der Waals surface area contributed by atoms with Crippen molar-refractivity contribution in [2.45, 2.75) is 17.3 Å². The van der Waals surface area contributed by atoms with Crippen LogP contribution in [0.1, 0.15) is 6.92 Å². The third-order valence-electron chi connectivity index (χ3n) is 3.79. The van der Waals surface area contributed by atoms with Crippen molar-refractivity contribution < 1.29 is 9.18 Å². The van der Waals surface area contributed by atoms with Crippen molar-refractivity contribution in [3.63, 3.8) is 0 Å². The molecule has 126 valence electrons. The molecule has 2 aromatic heterocycles. The van der Waals surface area contributed by atoms with Gasteiger partial charge in [0, 0.05) is 0 Å². The summed E-state index contributed by atoms with van der Waals surface area (Å²) in [4.78, 5) is 16.8. The normalized spacial score (nSPS) is 12.6. The average Bonchev–Trinajstić information content (AvgIpc) is 3.16. The molecule has 25 heavy (non-hydrogen) atoms. The zero-order chi connectivity index (χ0) is 17.4. The van der Waals surface area contributed by atoms with Gasteiger partial charge in [-0.05, 0) is 31.2 Å². The Hall–Kier alpha value is -2.87. The third-order valence-corrected chi connectivity index (χ3v) is 4.84. The standard InChI is InChI=1S/C17H14FN5OS/c1-10(15(24)19-12-7-3-2-6-11(12)18)25-17-22-21-16-20-13-8-4-5-9-14(13)23(16)17/h2-10H,1H3,(H,19,24)(H,20,21). The summed E-state index contributed by atoms with van der Waals surface area (Å²) in [6, 6.07) is 13.8. The van der Waals surface area contributed by atoms with Gasteiger partial charge in [-0.25, -0.2) is 14.5 Å². The summed E-state index contributed by atoms with van der Waals surface area (Å²) in [5.74, 6) is -0.142. The molecule has 0 aliphatic rings. The molecule has 2 heterocycles. The third kappa shape index (κ3) is 2.85. The lowest BCUT2D eigenvalue weighted by Gasteiger charge is -2.11. The summed E-state index contributed by atoms with van der Waals surface area (Å²) in [5.41, 5.74) is 1.93. The number of carbonyl (C=O) groups is 1. The van der Waals surface area contributed by atoms with Crippen molar-refractivity contribution in [2.75, 3.05) is 5.32 Å². The van der Waals surface area contributed by atoms with Crippen LogP contribution in [0.3, 0.4) is 0 Å². The van der Waals surface area contributed by atoms with Crippen LogP contribution in [-0.4, -0.2) is 30.7 Å². The Kier molecular flexibility index (Phi) is 3.89. The van der Waals surface area contributed by atoms with Crippen molar-refractivity contribution in [2.24, 2.45) is 0 Å². The second-order valence-electron chi connectivity index (χ2n) is 5.49. The van der Waals surface area contributed by atoms with Gasteiger partial charge in [0.2, 0.25) is 11.7 Å². The number of aromatic nitrogens is 4. The second kappa shape index (κ2) is 6.21. The molecule has 4 rings (SSSR count). The van der Waals surface area contributed by atoms with Gasteiger partial charge in [0.25, 0.3) is 0 Å². The minimum Gasteiger partial charge on any atom is -0.323 e. The van der Waals surface area contributed by atoms with E-state index in [1.807, 2.05) is 28.7 Å². The van der Waals surface area contributed by atoms with E-state index < -0.39 is 11.1 Å². The molecule has 2 N–H and O–H groups in total. The van der Waals surface area contributed by atoms with E-state index in [1.165, 1.54) is 23.9 Å². The molecule has 6 nitrogen and oxygen atoms in total. The fourth-order valence-corrected chi connectivity index (χ4v) is 3.40. The Bertz CT molecular complexity index is 1070. The summed E-state index contributed by atoms with van der Waals surface area (Å²) in [5, 5.41) is 9.87. The average molecular weight is 355 g/mol. The van der Waals surface area contributed by atoms with Gasteiger partial charge < -0.3 is 5.32 Å². The van der Waals surface area contributed by atoms with Crippen LogP contribution in [0, 0.1) is 5.82 Å². The second-order valence-corrected chi connectivity index (χ2v) is 6.80. The highest BCUT2D eigenvalue weighted by atomic mass is 32.2. The van der Waals surface area contributed by atoms with Gasteiger partial charge in [0.1, 0.15) is 5.82 Å². The van der Waals surface area contributed by atoms with Crippen LogP contribution in [0.25, 0.3) is 16.8 Å². The van der Waals surface area contributed by atoms with Crippen LogP contribution in [0.15, 0.2) is 53.7 Å². The molecular weight excluding hydrogens is 341 g/mol. The molecule has 0 fully saturated rings. The van der Waals surface area contributed by atoms with Crippen LogP contribution in [0.2, 0.25) is 0 Å². The number of rotatable bonds is 4. The van der Waals surface area contributed by atoms with Crippen molar-refractivity contribution in [3.05, 3.63) is 54.3 Å². The van der Waals surface area contributed by atoms with Crippen LogP contribution < -0.4 is 5.32 Å². The van der Waals surface area contributed by atoms with E-state index in [1.54, 1.807) is 19.1 Å². The molecule has 1 unspecified atom stereocenters. The number of fused-ring (bicyclic) bond motifs is 3. The first-order chi connectivity index (χ1) is 12.1. The van der Waals surface area contributed by atoms with Gasteiger partial charge >= 0.3 is 0 Å². The molecule has 0 aliphatic heterocycles. The van der Waals surface area contributed by atoms with Gasteiger partial charge in [-0.1, -0.05) is 36.0 Å². The molecule has 0 spiro atoms. The first-order valence-electron chi connectivity index (χ1n) is 7.67. The molecule has 0 radical (unpaired) electrons. The van der Waals surface area contributed by atoms with Crippen molar-refractivity contribution in [1.82, 2.24) is 19.6 Å². The number of amides is 1. The Morgan fingerprint density at radius 3 is 2.84 bits per heavy atom. The topological polar surface area (TPSA) is 75.1 Å². The number of imidazole rings is 1. The number of para-hydroxylation sites is 3. The number of benzene rings is 2. The quantitative estimate of drug-likeness (QED) is 0.550. The first-order valence-corrected chi connectivity index (χ1v) is 8.55. The predicted octanol–water partition coefficient (Wildman–Crippen LogP) is 3.47. The summed E-state index contributed by atoms with van der Waals surface area (Å²) in [7, 11) is 0. The van der Waals surface area contributed by atoms with E-state index in [-0.39, 0.29) is 11.6 Å². The number of thioether (sulfide) groups is 1. The molecule has 0 saturated heterocycles. The molecule has 2 aromatic carbocycles. The number of nitrogens with zero attached hydrogens (tertiary/aromatic N) is 3. The minimum atomic E-state index is -0.465. The van der Waals surface area contributed by atoms with Gasteiger partial charge in [0.15, 0.2) is 5.16 Å². The van der Waals surface area contributed by atoms with E-state index in [9.17, 15) is 9.18 Å². The van der Waals surface area contributed by atoms with Crippen LogP contribution in [-0.2, 0) is 4.79 Å². The maximum absolute atomic E-state index is 13.7. The van der Waals surface area contributed by atoms with Crippen molar-refractivity contribution in [1.29, 1.82) is 0 Å². The molecule has 1 amide bonds. The lowest BCUT2D eigenvalue weighted by molar-refractivity contribution is -0.115. The van der Waals surface area contributed by atoms with Gasteiger partial charge in [-0.3, -0.25) is 9.20 Å². The Morgan fingerprint density at radius 2 is 2.00 bits per heavy atom. The zero-order valence-electron chi connectivity index (χ0n) is 13.2. The number of anilines is 1. The lowest BCUT2D eigenvalue weighted by atomic mass is 10.3. The molecular formula is C17H14FN5OS. The number of halogens is 1. The van der Waals surface area contributed by atoms with E-state index in [0.717, 1.165) is 11.0 Å². The number of nitrogens with one attached hydrogen (secondary N) is 2. The predicted molar refractivity (Wildman–Crippen MR) is 95.2 cm³/mol. The van der Waals surface area contributed by atoms with Crippen LogP contribution >= 0.6 is 11.8 Å². The van der Waals surface area contributed by atoms with E-state index >= 15 is 0 Å². The van der Waals surface area contributed by atoms with Crippen LogP contribution in [0.5, 0.6) is 0 Å². The van der Waals surface area contributed by atoms with E-state index in [2.05, 4.69) is 20.5 Å². The summed E-state index contributed by atoms with van der Waals surface area (Å²) in [6.07, 6.45) is 0. The van der Waals surface area contributed by atoms with Gasteiger partial charge in [-0.15, -0.1) is 5.10 Å². The number of aromatic amines is 1. The summed E-state index contributed by atoms with van der Waals surface area (Å²) >= 11 is 1.28. The largest absolute Gasteiger partial charge is 0.323 e. The Balaban J connectivity index is 1.58. The molecule has 1 atom stereocenters. The van der Waals surface area contributed by atoms with Crippen molar-refractivity contribution >= 4 is 40.2 Å². The first kappa shape index (κ1) is 15.6. The smallest absolute Gasteiger partial charge is 0.237 e. The molecule has 0 saturated carbocycles. The fraction of sp³-hybridized carbons (Fsp3) is 0.118. The highest BCUT2D eigenvalue weighted by Gasteiger charge is 2.20. The number of carbonyl (C=O) groups excluding carboxylic acids is 1. The molecule has 8 heteroatoms. The number of H-pyrrole nitrogens is 1. The lowest BCUT2D eigenvalue weighted by Crippen LogP contribution is -2.23. The Labute approximate surface area is 146 Å². The fourth-order valence-electron chi connectivity index (χ4n) is 2.53. The molecule has 0 aliphatic carbocycles. The van der Waals surface area contributed by atoms with Gasteiger partial charge in [0.05, 0.1) is 22.0 Å². The zero-order valence-corrected chi connectivity index (χ0v) is 14.0. The summed E-state index contributed by atoms with van der Waals surface area (Å²) in [6.45, 7) is 1.75. The maximum Gasteiger partial charge on any atom is 0.237 e. The number of hydrogen-bond acceptors (Lipinski definition) is 4. The Morgan fingerprint density at radius 1 is 1.24 bits per heavy atom. The van der Waals surface area contributed by atoms with Crippen molar-refractivity contribution in [3.8, 4) is 0 Å². The SMILES string of the molecule is CC(Sc1n[nH]c2nc3ccccc3n12)C(=O)Nc1ccccc1F. The minimum absolute atomic E-state index is 0.167. The highest BCUT2D eigenvalue weighted by molar-refractivity contribution is 8.00. The van der Waals surface area contributed by atoms with Crippen LogP contribution in [0.4, 0.5) is 10.1 Å². The number of hydrogen-bond donors (Lipinski definition) is 2. The maximum atomic E-state index is 13.7. The van der Waals surface area contributed by atoms with E-state index in [4.69, 9.17) is 0 Å². The molecule has 0 bridgehead atoms.